The summed E-state index contributed by atoms with van der Waals surface area (Å²) in [5.74, 6) is -4.05. The van der Waals surface area contributed by atoms with Crippen LogP contribution in [0.25, 0.3) is 0 Å². The molecule has 2 aromatic carbocycles. The molecule has 2 heterocycles. The average Bonchev–Trinajstić information content (AvgIpc) is 3.45. The van der Waals surface area contributed by atoms with Crippen molar-refractivity contribution in [3.63, 3.8) is 0 Å². The SMILES string of the molecule is O=C(Nc1ccc(N2CCN(CC(=O)N3CCCC3)CC2)c(C(=O)O)c1)c1ccccc1Cl.O=C(O)C(F)(F)F. The van der Waals surface area contributed by atoms with Gasteiger partial charge in [-0.15, -0.1) is 0 Å². The van der Waals surface area contributed by atoms with Crippen LogP contribution in [0.4, 0.5) is 24.5 Å². The molecule has 2 amide bonds. The number of hydrogen-bond donors (Lipinski definition) is 3. The van der Waals surface area contributed by atoms with Crippen molar-refractivity contribution in [1.82, 2.24) is 9.80 Å². The van der Waals surface area contributed by atoms with E-state index in [0.29, 0.717) is 54.7 Å². The van der Waals surface area contributed by atoms with Crippen molar-refractivity contribution < 1.29 is 42.6 Å². The molecule has 2 fully saturated rings. The van der Waals surface area contributed by atoms with E-state index in [0.717, 1.165) is 25.9 Å². The van der Waals surface area contributed by atoms with E-state index in [4.69, 9.17) is 21.5 Å². The molecule has 0 saturated carbocycles. The van der Waals surface area contributed by atoms with Gasteiger partial charge in [-0.25, -0.2) is 9.59 Å². The third kappa shape index (κ3) is 8.33. The van der Waals surface area contributed by atoms with Gasteiger partial charge in [-0.05, 0) is 43.2 Å². The lowest BCUT2D eigenvalue weighted by Crippen LogP contribution is -2.50. The van der Waals surface area contributed by atoms with E-state index in [2.05, 4.69) is 10.2 Å². The molecular weight excluding hydrogens is 557 g/mol. The van der Waals surface area contributed by atoms with Crippen LogP contribution in [0, 0.1) is 0 Å². The number of amides is 2. The smallest absolute Gasteiger partial charge is 0.478 e. The Balaban J connectivity index is 0.000000559. The number of nitrogens with zero attached hydrogens (tertiary/aromatic N) is 3. The van der Waals surface area contributed by atoms with Gasteiger partial charge in [0.1, 0.15) is 0 Å². The molecule has 0 bridgehead atoms. The first-order chi connectivity index (χ1) is 18.9. The first-order valence-electron chi connectivity index (χ1n) is 12.3. The maximum absolute atomic E-state index is 12.5. The minimum absolute atomic E-state index is 0.119. The van der Waals surface area contributed by atoms with Crippen LogP contribution in [0.1, 0.15) is 33.6 Å². The molecular formula is C26H28ClF3N4O6. The van der Waals surface area contributed by atoms with Gasteiger partial charge in [-0.1, -0.05) is 23.7 Å². The monoisotopic (exact) mass is 584 g/mol. The van der Waals surface area contributed by atoms with Gasteiger partial charge < -0.3 is 25.3 Å². The summed E-state index contributed by atoms with van der Waals surface area (Å²) in [6.07, 6.45) is -2.93. The molecule has 10 nitrogen and oxygen atoms in total. The fourth-order valence-corrected chi connectivity index (χ4v) is 4.53. The largest absolute Gasteiger partial charge is 0.490 e. The van der Waals surface area contributed by atoms with Crippen LogP contribution in [0.5, 0.6) is 0 Å². The maximum Gasteiger partial charge on any atom is 0.490 e. The number of carboxylic acid groups (broad SMARTS) is 2. The number of halogens is 4. The first-order valence-corrected chi connectivity index (χ1v) is 12.7. The van der Waals surface area contributed by atoms with Gasteiger partial charge in [-0.3, -0.25) is 14.5 Å². The highest BCUT2D eigenvalue weighted by molar-refractivity contribution is 6.34. The van der Waals surface area contributed by atoms with Crippen molar-refractivity contribution in [2.45, 2.75) is 19.0 Å². The third-order valence-electron chi connectivity index (χ3n) is 6.38. The van der Waals surface area contributed by atoms with Gasteiger partial charge >= 0.3 is 18.1 Å². The Morgan fingerprint density at radius 3 is 2.02 bits per heavy atom. The van der Waals surface area contributed by atoms with E-state index in [1.807, 2.05) is 9.80 Å². The summed E-state index contributed by atoms with van der Waals surface area (Å²) >= 11 is 6.08. The summed E-state index contributed by atoms with van der Waals surface area (Å²) in [7, 11) is 0. The second kappa shape index (κ2) is 13.5. The number of carbonyl (C=O) groups is 4. The zero-order valence-corrected chi connectivity index (χ0v) is 22.0. The number of benzene rings is 2. The molecule has 2 aromatic rings. The van der Waals surface area contributed by atoms with Crippen LogP contribution < -0.4 is 10.2 Å². The number of anilines is 2. The highest BCUT2D eigenvalue weighted by Crippen LogP contribution is 2.27. The molecule has 2 aliphatic heterocycles. The van der Waals surface area contributed by atoms with Crippen LogP contribution in [0.15, 0.2) is 42.5 Å². The highest BCUT2D eigenvalue weighted by Gasteiger charge is 2.38. The lowest BCUT2D eigenvalue weighted by atomic mass is 10.1. The molecule has 40 heavy (non-hydrogen) atoms. The lowest BCUT2D eigenvalue weighted by Gasteiger charge is -2.37. The van der Waals surface area contributed by atoms with E-state index in [9.17, 15) is 32.7 Å². The van der Waals surface area contributed by atoms with Crippen molar-refractivity contribution >= 4 is 46.7 Å². The average molecular weight is 585 g/mol. The standard InChI is InChI=1S/C24H27ClN4O4.C2HF3O2/c25-20-6-2-1-5-18(20)23(31)26-17-7-8-21(19(15-17)24(32)33)28-13-11-27(12-14-28)16-22(30)29-9-3-4-10-29;3-2(4,5)1(6)7/h1-2,5-8,15H,3-4,9-14,16H2,(H,26,31)(H,32,33);(H,6,7). The normalized spacial score (nSPS) is 15.7. The number of piperazine rings is 1. The maximum atomic E-state index is 12.5. The minimum Gasteiger partial charge on any atom is -0.478 e. The zero-order chi connectivity index (χ0) is 29.4. The van der Waals surface area contributed by atoms with Crippen molar-refractivity contribution in [3.8, 4) is 0 Å². The van der Waals surface area contributed by atoms with E-state index in [1.54, 1.807) is 36.4 Å². The second-order valence-corrected chi connectivity index (χ2v) is 9.53. The number of carbonyl (C=O) groups excluding carboxylic acids is 2. The number of aromatic carboxylic acids is 1. The molecule has 0 atom stereocenters. The first kappa shape index (κ1) is 30.7. The minimum atomic E-state index is -5.08. The van der Waals surface area contributed by atoms with Gasteiger partial charge in [0.05, 0.1) is 28.4 Å². The summed E-state index contributed by atoms with van der Waals surface area (Å²) in [5.41, 5.74) is 1.42. The third-order valence-corrected chi connectivity index (χ3v) is 6.71. The Labute approximate surface area is 232 Å². The fraction of sp³-hybridized carbons (Fsp3) is 0.385. The predicted octanol–water partition coefficient (Wildman–Crippen LogP) is 3.67. The van der Waals surface area contributed by atoms with E-state index in [-0.39, 0.29) is 11.5 Å². The van der Waals surface area contributed by atoms with Crippen LogP contribution in [0.2, 0.25) is 5.02 Å². The molecule has 0 unspecified atom stereocenters. The van der Waals surface area contributed by atoms with Gasteiger partial charge in [0.15, 0.2) is 0 Å². The zero-order valence-electron chi connectivity index (χ0n) is 21.3. The van der Waals surface area contributed by atoms with Gasteiger partial charge in [-0.2, -0.15) is 13.2 Å². The molecule has 0 aromatic heterocycles. The number of hydrogen-bond acceptors (Lipinski definition) is 6. The van der Waals surface area contributed by atoms with Crippen LogP contribution in [0.3, 0.4) is 0 Å². The van der Waals surface area contributed by atoms with E-state index in [1.165, 1.54) is 6.07 Å². The summed E-state index contributed by atoms with van der Waals surface area (Å²) in [5, 5.41) is 20.0. The Kier molecular flexibility index (Phi) is 10.3. The summed E-state index contributed by atoms with van der Waals surface area (Å²) in [4.78, 5) is 51.9. The van der Waals surface area contributed by atoms with Gasteiger partial charge in [0, 0.05) is 45.0 Å². The number of likely N-dealkylation sites (tertiary alicyclic amines) is 1. The van der Waals surface area contributed by atoms with Crippen molar-refractivity contribution in [3.05, 3.63) is 58.6 Å². The van der Waals surface area contributed by atoms with E-state index >= 15 is 0 Å². The second-order valence-electron chi connectivity index (χ2n) is 9.13. The Bertz CT molecular complexity index is 1250. The quantitative estimate of drug-likeness (QED) is 0.469. The number of nitrogens with one attached hydrogen (secondary N) is 1. The Morgan fingerprint density at radius 2 is 1.48 bits per heavy atom. The summed E-state index contributed by atoms with van der Waals surface area (Å²) < 4.78 is 31.7. The molecule has 0 aliphatic carbocycles. The molecule has 3 N–H and O–H groups in total. The molecule has 216 valence electrons. The number of aliphatic carboxylic acids is 1. The number of alkyl halides is 3. The van der Waals surface area contributed by atoms with Gasteiger partial charge in [0.2, 0.25) is 5.91 Å². The number of rotatable bonds is 6. The van der Waals surface area contributed by atoms with Crippen molar-refractivity contribution in [2.75, 3.05) is 56.0 Å². The summed E-state index contributed by atoms with van der Waals surface area (Å²) in [6, 6.07) is 11.6. The molecule has 2 aliphatic rings. The molecule has 4 rings (SSSR count). The Hall–Kier alpha value is -3.84. The lowest BCUT2D eigenvalue weighted by molar-refractivity contribution is -0.192. The van der Waals surface area contributed by atoms with Crippen molar-refractivity contribution in [1.29, 1.82) is 0 Å². The highest BCUT2D eigenvalue weighted by atomic mass is 35.5. The summed E-state index contributed by atoms with van der Waals surface area (Å²) in [6.45, 7) is 4.72. The van der Waals surface area contributed by atoms with Crippen LogP contribution >= 0.6 is 11.6 Å². The molecule has 0 spiro atoms. The topological polar surface area (TPSA) is 130 Å². The van der Waals surface area contributed by atoms with Crippen LogP contribution in [-0.4, -0.2) is 95.8 Å². The van der Waals surface area contributed by atoms with Crippen molar-refractivity contribution in [2.24, 2.45) is 0 Å². The predicted molar refractivity (Wildman–Crippen MR) is 141 cm³/mol. The number of carboxylic acids is 2. The van der Waals surface area contributed by atoms with Crippen LogP contribution in [-0.2, 0) is 9.59 Å². The molecule has 14 heteroatoms. The van der Waals surface area contributed by atoms with Gasteiger partial charge in [0.25, 0.3) is 5.91 Å². The fourth-order valence-electron chi connectivity index (χ4n) is 4.31. The van der Waals surface area contributed by atoms with E-state index < -0.39 is 24.0 Å². The Morgan fingerprint density at radius 1 is 0.875 bits per heavy atom. The molecule has 2 saturated heterocycles. The molecule has 0 radical (unpaired) electrons.